The van der Waals surface area contributed by atoms with Crippen molar-refractivity contribution in [2.45, 2.75) is 51.0 Å². The van der Waals surface area contributed by atoms with Gasteiger partial charge in [-0.15, -0.1) is 0 Å². The number of hydrogen-bond donors (Lipinski definition) is 1. The largest absolute Gasteiger partial charge is 0.391 e. The second-order valence-electron chi connectivity index (χ2n) is 4.91. The minimum atomic E-state index is -0.270. The summed E-state index contributed by atoms with van der Waals surface area (Å²) in [6, 6.07) is 0. The number of carbonyl (C=O) groups excluding carboxylic acids is 1. The first kappa shape index (κ1) is 10.9. The van der Waals surface area contributed by atoms with Crippen LogP contribution in [0.1, 0.15) is 44.9 Å². The van der Waals surface area contributed by atoms with E-state index in [9.17, 15) is 9.90 Å². The lowest BCUT2D eigenvalue weighted by Crippen LogP contribution is -2.39. The van der Waals surface area contributed by atoms with E-state index in [0.717, 1.165) is 32.2 Å². The van der Waals surface area contributed by atoms with Gasteiger partial charge in [0.15, 0.2) is 0 Å². The van der Waals surface area contributed by atoms with E-state index < -0.39 is 0 Å². The van der Waals surface area contributed by atoms with E-state index in [1.807, 2.05) is 4.90 Å². The van der Waals surface area contributed by atoms with Crippen molar-refractivity contribution in [1.82, 2.24) is 4.90 Å². The van der Waals surface area contributed by atoms with E-state index in [1.165, 1.54) is 12.8 Å². The Morgan fingerprint density at radius 3 is 2.73 bits per heavy atom. The van der Waals surface area contributed by atoms with Gasteiger partial charge in [0, 0.05) is 19.5 Å². The summed E-state index contributed by atoms with van der Waals surface area (Å²) in [5.41, 5.74) is 0. The van der Waals surface area contributed by atoms with Crippen molar-refractivity contribution in [3.63, 3.8) is 0 Å². The molecule has 1 atom stereocenters. The van der Waals surface area contributed by atoms with Crippen molar-refractivity contribution >= 4 is 5.91 Å². The van der Waals surface area contributed by atoms with Gasteiger partial charge in [0.2, 0.25) is 5.91 Å². The highest BCUT2D eigenvalue weighted by atomic mass is 16.3. The van der Waals surface area contributed by atoms with Crippen molar-refractivity contribution in [1.29, 1.82) is 0 Å². The number of likely N-dealkylation sites (tertiary alicyclic amines) is 1. The molecule has 2 fully saturated rings. The number of amides is 1. The van der Waals surface area contributed by atoms with Crippen LogP contribution in [0.4, 0.5) is 0 Å². The van der Waals surface area contributed by atoms with E-state index >= 15 is 0 Å². The van der Waals surface area contributed by atoms with Crippen LogP contribution in [0.3, 0.4) is 0 Å². The van der Waals surface area contributed by atoms with Gasteiger partial charge in [-0.2, -0.15) is 0 Å². The quantitative estimate of drug-likeness (QED) is 0.769. The predicted octanol–water partition coefficient (Wildman–Crippen LogP) is 1.55. The molecule has 1 unspecified atom stereocenters. The maximum Gasteiger partial charge on any atom is 0.222 e. The van der Waals surface area contributed by atoms with E-state index in [-0.39, 0.29) is 12.0 Å². The highest BCUT2D eigenvalue weighted by Gasteiger charge is 2.31. The Labute approximate surface area is 91.5 Å². The fraction of sp³-hybridized carbons (Fsp3) is 0.917. The SMILES string of the molecule is O=C1CCCCCCN1CC(O)C1CC1. The fourth-order valence-electron chi connectivity index (χ4n) is 2.26. The Kier molecular flexibility index (Phi) is 3.62. The minimum absolute atomic E-state index is 0.245. The third-order valence-electron chi connectivity index (χ3n) is 3.49. The first-order chi connectivity index (χ1) is 7.27. The predicted molar refractivity (Wildman–Crippen MR) is 58.4 cm³/mol. The molecule has 2 rings (SSSR count). The summed E-state index contributed by atoms with van der Waals surface area (Å²) in [6.45, 7) is 1.42. The van der Waals surface area contributed by atoms with Crippen molar-refractivity contribution in [2.75, 3.05) is 13.1 Å². The van der Waals surface area contributed by atoms with Gasteiger partial charge >= 0.3 is 0 Å². The van der Waals surface area contributed by atoms with Crippen LogP contribution in [-0.2, 0) is 4.79 Å². The third kappa shape index (κ3) is 3.20. The van der Waals surface area contributed by atoms with Crippen LogP contribution in [0.25, 0.3) is 0 Å². The molecule has 1 saturated carbocycles. The first-order valence-electron chi connectivity index (χ1n) is 6.23. The molecule has 1 aliphatic carbocycles. The molecule has 0 aromatic heterocycles. The van der Waals surface area contributed by atoms with Crippen molar-refractivity contribution in [2.24, 2.45) is 5.92 Å². The Balaban J connectivity index is 1.83. The topological polar surface area (TPSA) is 40.5 Å². The van der Waals surface area contributed by atoms with Gasteiger partial charge in [-0.05, 0) is 31.6 Å². The maximum absolute atomic E-state index is 11.8. The van der Waals surface area contributed by atoms with Gasteiger partial charge in [-0.1, -0.05) is 12.8 Å². The molecule has 1 saturated heterocycles. The fourth-order valence-corrected chi connectivity index (χ4v) is 2.26. The Morgan fingerprint density at radius 1 is 1.27 bits per heavy atom. The van der Waals surface area contributed by atoms with Crippen LogP contribution < -0.4 is 0 Å². The standard InChI is InChI=1S/C12H21NO2/c14-11(10-6-7-10)9-13-8-4-2-1-3-5-12(13)15/h10-11,14H,1-9H2. The van der Waals surface area contributed by atoms with Crippen molar-refractivity contribution < 1.29 is 9.90 Å². The molecular formula is C12H21NO2. The molecule has 0 spiro atoms. The normalized spacial score (nSPS) is 25.9. The number of rotatable bonds is 3. The lowest BCUT2D eigenvalue weighted by atomic mass is 10.1. The molecule has 1 aliphatic heterocycles. The van der Waals surface area contributed by atoms with E-state index in [0.29, 0.717) is 18.9 Å². The Bertz CT molecular complexity index is 226. The van der Waals surface area contributed by atoms with Crippen LogP contribution in [0.5, 0.6) is 0 Å². The molecule has 3 heteroatoms. The summed E-state index contributed by atoms with van der Waals surface area (Å²) < 4.78 is 0. The summed E-state index contributed by atoms with van der Waals surface area (Å²) >= 11 is 0. The van der Waals surface area contributed by atoms with Crippen LogP contribution in [0.2, 0.25) is 0 Å². The first-order valence-corrected chi connectivity index (χ1v) is 6.23. The molecule has 0 bridgehead atoms. The lowest BCUT2D eigenvalue weighted by Gasteiger charge is -2.27. The molecular weight excluding hydrogens is 190 g/mol. The molecule has 0 aromatic carbocycles. The second kappa shape index (κ2) is 4.97. The van der Waals surface area contributed by atoms with Crippen LogP contribution in [0.15, 0.2) is 0 Å². The lowest BCUT2D eigenvalue weighted by molar-refractivity contribution is -0.133. The molecule has 0 aromatic rings. The molecule has 15 heavy (non-hydrogen) atoms. The number of β-amino-alcohol motifs (C(OH)–C–C–N with tert-alkyl or cyclic N) is 1. The summed E-state index contributed by atoms with van der Waals surface area (Å²) in [6.07, 6.45) is 7.23. The van der Waals surface area contributed by atoms with Gasteiger partial charge in [0.1, 0.15) is 0 Å². The van der Waals surface area contributed by atoms with Crippen LogP contribution >= 0.6 is 0 Å². The number of nitrogens with zero attached hydrogens (tertiary/aromatic N) is 1. The van der Waals surface area contributed by atoms with Gasteiger partial charge in [-0.3, -0.25) is 4.79 Å². The highest BCUT2D eigenvalue weighted by Crippen LogP contribution is 2.33. The van der Waals surface area contributed by atoms with Crippen LogP contribution in [-0.4, -0.2) is 35.1 Å². The smallest absolute Gasteiger partial charge is 0.222 e. The molecule has 0 radical (unpaired) electrons. The van der Waals surface area contributed by atoms with Crippen LogP contribution in [0, 0.1) is 5.92 Å². The average molecular weight is 211 g/mol. The third-order valence-corrected chi connectivity index (χ3v) is 3.49. The average Bonchev–Trinajstić information content (AvgIpc) is 3.01. The van der Waals surface area contributed by atoms with Gasteiger partial charge in [0.05, 0.1) is 6.10 Å². The Hall–Kier alpha value is -0.570. The summed E-state index contributed by atoms with van der Waals surface area (Å²) in [7, 11) is 0. The molecule has 86 valence electrons. The zero-order valence-corrected chi connectivity index (χ0v) is 9.32. The number of hydrogen-bond acceptors (Lipinski definition) is 2. The second-order valence-corrected chi connectivity index (χ2v) is 4.91. The molecule has 2 aliphatic rings. The zero-order chi connectivity index (χ0) is 10.7. The van der Waals surface area contributed by atoms with Gasteiger partial charge in [0.25, 0.3) is 0 Å². The van der Waals surface area contributed by atoms with E-state index in [2.05, 4.69) is 0 Å². The van der Waals surface area contributed by atoms with Gasteiger partial charge in [-0.25, -0.2) is 0 Å². The number of aliphatic hydroxyl groups excluding tert-OH is 1. The zero-order valence-electron chi connectivity index (χ0n) is 9.32. The molecule has 3 nitrogen and oxygen atoms in total. The Morgan fingerprint density at radius 2 is 2.00 bits per heavy atom. The van der Waals surface area contributed by atoms with Gasteiger partial charge < -0.3 is 10.0 Å². The van der Waals surface area contributed by atoms with E-state index in [4.69, 9.17) is 0 Å². The summed E-state index contributed by atoms with van der Waals surface area (Å²) in [5, 5.41) is 9.83. The molecule has 1 amide bonds. The highest BCUT2D eigenvalue weighted by molar-refractivity contribution is 5.76. The molecule has 1 N–H and O–H groups in total. The van der Waals surface area contributed by atoms with Crippen molar-refractivity contribution in [3.05, 3.63) is 0 Å². The number of aliphatic hydroxyl groups is 1. The van der Waals surface area contributed by atoms with Crippen molar-refractivity contribution in [3.8, 4) is 0 Å². The summed E-state index contributed by atoms with van der Waals surface area (Å²) in [4.78, 5) is 13.6. The minimum Gasteiger partial charge on any atom is -0.391 e. The monoisotopic (exact) mass is 211 g/mol. The molecule has 1 heterocycles. The van der Waals surface area contributed by atoms with E-state index in [1.54, 1.807) is 0 Å². The number of carbonyl (C=O) groups is 1. The summed E-state index contributed by atoms with van der Waals surface area (Å²) in [5.74, 6) is 0.720. The maximum atomic E-state index is 11.8.